The number of amides is 1. The molecule has 0 unspecified atom stereocenters. The van der Waals surface area contributed by atoms with Crippen molar-refractivity contribution in [1.82, 2.24) is 14.9 Å². The van der Waals surface area contributed by atoms with Crippen molar-refractivity contribution in [3.05, 3.63) is 59.9 Å². The first kappa shape index (κ1) is 22.0. The average molecular weight is 395 g/mol. The second-order valence-electron chi connectivity index (χ2n) is 5.79. The van der Waals surface area contributed by atoms with E-state index in [4.69, 9.17) is 5.73 Å². The van der Waals surface area contributed by atoms with Gasteiger partial charge in [-0.05, 0) is 56.6 Å². The lowest BCUT2D eigenvalue weighted by molar-refractivity contribution is 0.0953. The van der Waals surface area contributed by atoms with Crippen molar-refractivity contribution in [1.29, 1.82) is 0 Å². The first-order valence-corrected chi connectivity index (χ1v) is 8.23. The molecule has 0 aliphatic heterocycles. The van der Waals surface area contributed by atoms with Gasteiger partial charge in [0.2, 0.25) is 0 Å². The second kappa shape index (κ2) is 10.2. The molecule has 0 spiro atoms. The Bertz CT molecular complexity index is 849. The van der Waals surface area contributed by atoms with Gasteiger partial charge in [-0.1, -0.05) is 18.2 Å². The minimum Gasteiger partial charge on any atom is -0.352 e. The third-order valence-electron chi connectivity index (χ3n) is 4.02. The molecule has 2 aromatic carbocycles. The highest BCUT2D eigenvalue weighted by atomic mass is 35.5. The van der Waals surface area contributed by atoms with Crippen molar-refractivity contribution in [2.24, 2.45) is 5.73 Å². The molecule has 3 rings (SSSR count). The van der Waals surface area contributed by atoms with Crippen LogP contribution < -0.4 is 11.1 Å². The van der Waals surface area contributed by atoms with Crippen LogP contribution in [0.15, 0.2) is 48.5 Å². The SMILES string of the molecule is Cc1nc2cc(C(=O)NCCCCN)ccc2n1-c1ccccc1.Cl.Cl. The summed E-state index contributed by atoms with van der Waals surface area (Å²) in [6.45, 7) is 3.27. The van der Waals surface area contributed by atoms with E-state index >= 15 is 0 Å². The molecule has 140 valence electrons. The predicted molar refractivity (Wildman–Crippen MR) is 111 cm³/mol. The van der Waals surface area contributed by atoms with Crippen LogP contribution in [0.1, 0.15) is 29.0 Å². The zero-order chi connectivity index (χ0) is 16.9. The van der Waals surface area contributed by atoms with Gasteiger partial charge in [0, 0.05) is 17.8 Å². The van der Waals surface area contributed by atoms with E-state index in [1.165, 1.54) is 0 Å². The van der Waals surface area contributed by atoms with E-state index in [-0.39, 0.29) is 30.7 Å². The van der Waals surface area contributed by atoms with Gasteiger partial charge >= 0.3 is 0 Å². The normalized spacial score (nSPS) is 10.1. The third kappa shape index (κ3) is 4.75. The number of fused-ring (bicyclic) bond motifs is 1. The number of hydrogen-bond donors (Lipinski definition) is 2. The van der Waals surface area contributed by atoms with Gasteiger partial charge in [0.15, 0.2) is 0 Å². The largest absolute Gasteiger partial charge is 0.352 e. The Morgan fingerprint density at radius 1 is 1.12 bits per heavy atom. The van der Waals surface area contributed by atoms with Gasteiger partial charge in [0.05, 0.1) is 11.0 Å². The Labute approximate surface area is 165 Å². The molecule has 7 heteroatoms. The number of unbranched alkanes of at least 4 members (excludes halogenated alkanes) is 1. The summed E-state index contributed by atoms with van der Waals surface area (Å²) < 4.78 is 2.10. The Balaban J connectivity index is 0.00000169. The number of hydrogen-bond acceptors (Lipinski definition) is 3. The van der Waals surface area contributed by atoms with E-state index in [9.17, 15) is 4.79 Å². The van der Waals surface area contributed by atoms with Crippen LogP contribution in [0.2, 0.25) is 0 Å². The summed E-state index contributed by atoms with van der Waals surface area (Å²) in [4.78, 5) is 16.8. The standard InChI is InChI=1S/C19H22N4O.2ClH/c1-14-22-17-13-15(19(24)21-12-6-5-11-20)9-10-18(17)23(14)16-7-3-2-4-8-16;;/h2-4,7-10,13H,5-6,11-12,20H2,1H3,(H,21,24);2*1H. The lowest BCUT2D eigenvalue weighted by Crippen LogP contribution is -2.24. The minimum absolute atomic E-state index is 0. The third-order valence-corrected chi connectivity index (χ3v) is 4.02. The quantitative estimate of drug-likeness (QED) is 0.626. The van der Waals surface area contributed by atoms with E-state index in [2.05, 4.69) is 14.9 Å². The fourth-order valence-corrected chi connectivity index (χ4v) is 2.82. The molecule has 5 nitrogen and oxygen atoms in total. The van der Waals surface area contributed by atoms with E-state index in [1.807, 2.05) is 55.5 Å². The van der Waals surface area contributed by atoms with Gasteiger partial charge in [0.1, 0.15) is 5.82 Å². The van der Waals surface area contributed by atoms with Crippen LogP contribution in [0.4, 0.5) is 0 Å². The Kier molecular flexibility index (Phi) is 8.58. The highest BCUT2D eigenvalue weighted by molar-refractivity contribution is 5.97. The molecule has 0 atom stereocenters. The molecule has 0 saturated carbocycles. The smallest absolute Gasteiger partial charge is 0.251 e. The van der Waals surface area contributed by atoms with Crippen LogP contribution in [0.3, 0.4) is 0 Å². The Morgan fingerprint density at radius 2 is 1.85 bits per heavy atom. The van der Waals surface area contributed by atoms with Gasteiger partial charge in [-0.15, -0.1) is 24.8 Å². The minimum atomic E-state index is -0.0687. The van der Waals surface area contributed by atoms with Crippen LogP contribution in [-0.4, -0.2) is 28.5 Å². The zero-order valence-corrected chi connectivity index (χ0v) is 16.3. The number of imidazole rings is 1. The second-order valence-corrected chi connectivity index (χ2v) is 5.79. The number of halogens is 2. The van der Waals surface area contributed by atoms with Crippen LogP contribution in [0, 0.1) is 6.92 Å². The number of nitrogens with one attached hydrogen (secondary N) is 1. The summed E-state index contributed by atoms with van der Waals surface area (Å²) in [7, 11) is 0. The number of rotatable bonds is 6. The maximum atomic E-state index is 12.2. The van der Waals surface area contributed by atoms with Gasteiger partial charge in [-0.2, -0.15) is 0 Å². The summed E-state index contributed by atoms with van der Waals surface area (Å²) in [5, 5.41) is 2.92. The van der Waals surface area contributed by atoms with E-state index in [0.717, 1.165) is 35.4 Å². The lowest BCUT2D eigenvalue weighted by Gasteiger charge is -2.07. The number of carbonyl (C=O) groups excluding carboxylic acids is 1. The number of aryl methyl sites for hydroxylation is 1. The van der Waals surface area contributed by atoms with Crippen LogP contribution in [0.5, 0.6) is 0 Å². The van der Waals surface area contributed by atoms with Crippen LogP contribution in [-0.2, 0) is 0 Å². The summed E-state index contributed by atoms with van der Waals surface area (Å²) in [6, 6.07) is 15.7. The maximum Gasteiger partial charge on any atom is 0.251 e. The van der Waals surface area contributed by atoms with E-state index in [1.54, 1.807) is 0 Å². The fourth-order valence-electron chi connectivity index (χ4n) is 2.82. The number of aromatic nitrogens is 2. The van der Waals surface area contributed by atoms with E-state index in [0.29, 0.717) is 18.7 Å². The van der Waals surface area contributed by atoms with Crippen LogP contribution >= 0.6 is 24.8 Å². The van der Waals surface area contributed by atoms with Gasteiger partial charge in [0.25, 0.3) is 5.91 Å². The fraction of sp³-hybridized carbons (Fsp3) is 0.263. The van der Waals surface area contributed by atoms with Gasteiger partial charge < -0.3 is 11.1 Å². The molecule has 0 fully saturated rings. The van der Waals surface area contributed by atoms with Crippen molar-refractivity contribution in [3.8, 4) is 5.69 Å². The highest BCUT2D eigenvalue weighted by Gasteiger charge is 2.12. The first-order valence-electron chi connectivity index (χ1n) is 8.23. The van der Waals surface area contributed by atoms with Gasteiger partial charge in [-0.25, -0.2) is 4.98 Å². The van der Waals surface area contributed by atoms with Crippen molar-refractivity contribution >= 4 is 41.8 Å². The first-order chi connectivity index (χ1) is 11.7. The Hall–Kier alpha value is -2.08. The molecule has 1 heterocycles. The molecule has 0 aliphatic carbocycles. The summed E-state index contributed by atoms with van der Waals surface area (Å²) >= 11 is 0. The molecular formula is C19H24Cl2N4O. The van der Waals surface area contributed by atoms with Crippen LogP contribution in [0.25, 0.3) is 16.7 Å². The maximum absolute atomic E-state index is 12.2. The number of nitrogens with zero attached hydrogens (tertiary/aromatic N) is 2. The highest BCUT2D eigenvalue weighted by Crippen LogP contribution is 2.22. The lowest BCUT2D eigenvalue weighted by atomic mass is 10.1. The summed E-state index contributed by atoms with van der Waals surface area (Å²) in [5.74, 6) is 0.831. The van der Waals surface area contributed by atoms with Gasteiger partial charge in [-0.3, -0.25) is 9.36 Å². The molecule has 0 bridgehead atoms. The number of carbonyl (C=O) groups is 1. The molecule has 26 heavy (non-hydrogen) atoms. The Morgan fingerprint density at radius 3 is 2.54 bits per heavy atom. The van der Waals surface area contributed by atoms with Crippen molar-refractivity contribution in [3.63, 3.8) is 0 Å². The predicted octanol–water partition coefficient (Wildman–Crippen LogP) is 3.65. The number of nitrogens with two attached hydrogens (primary N) is 1. The average Bonchev–Trinajstić information content (AvgIpc) is 2.94. The molecule has 1 amide bonds. The van der Waals surface area contributed by atoms with Crippen molar-refractivity contribution in [2.75, 3.05) is 13.1 Å². The summed E-state index contributed by atoms with van der Waals surface area (Å²) in [6.07, 6.45) is 1.81. The monoisotopic (exact) mass is 394 g/mol. The number of benzene rings is 2. The molecule has 1 aromatic heterocycles. The molecule has 0 saturated heterocycles. The molecule has 3 aromatic rings. The summed E-state index contributed by atoms with van der Waals surface area (Å²) in [5.41, 5.74) is 8.98. The topological polar surface area (TPSA) is 72.9 Å². The van der Waals surface area contributed by atoms with E-state index < -0.39 is 0 Å². The molecule has 0 radical (unpaired) electrons. The molecular weight excluding hydrogens is 371 g/mol. The van der Waals surface area contributed by atoms with Crippen molar-refractivity contribution < 1.29 is 4.79 Å². The molecule has 3 N–H and O–H groups in total. The van der Waals surface area contributed by atoms with Crippen molar-refractivity contribution in [2.45, 2.75) is 19.8 Å². The zero-order valence-electron chi connectivity index (χ0n) is 14.6. The number of para-hydroxylation sites is 1. The molecule has 0 aliphatic rings.